The van der Waals surface area contributed by atoms with E-state index in [1.54, 1.807) is 0 Å². The van der Waals surface area contributed by atoms with Crippen molar-refractivity contribution in [2.24, 2.45) is 0 Å². The van der Waals surface area contributed by atoms with Crippen LogP contribution in [0.1, 0.15) is 6.92 Å². The van der Waals surface area contributed by atoms with Crippen molar-refractivity contribution in [3.63, 3.8) is 0 Å². The van der Waals surface area contributed by atoms with Crippen molar-refractivity contribution in [3.8, 4) is 0 Å². The van der Waals surface area contributed by atoms with E-state index in [1.165, 1.54) is 6.92 Å². The van der Waals surface area contributed by atoms with E-state index in [9.17, 15) is 16.8 Å². The summed E-state index contributed by atoms with van der Waals surface area (Å²) >= 11 is 0. The lowest BCUT2D eigenvalue weighted by Crippen LogP contribution is -2.20. The Morgan fingerprint density at radius 1 is 1.36 bits per heavy atom. The van der Waals surface area contributed by atoms with Crippen molar-refractivity contribution < 1.29 is 20.5 Å². The van der Waals surface area contributed by atoms with E-state index in [1.807, 2.05) is 0 Å². The molecule has 0 aromatic heterocycles. The Morgan fingerprint density at radius 2 is 1.91 bits per heavy atom. The topological polar surface area (TPSA) is 77.5 Å². The zero-order valence-electron chi connectivity index (χ0n) is 5.64. The zero-order chi connectivity index (χ0) is 8.70. The van der Waals surface area contributed by atoms with Gasteiger partial charge in [-0.25, -0.2) is 0 Å². The van der Waals surface area contributed by atoms with Crippen molar-refractivity contribution in [1.82, 2.24) is 0 Å². The first-order valence-corrected chi connectivity index (χ1v) is 5.72. The summed E-state index contributed by atoms with van der Waals surface area (Å²) in [4.78, 5) is 0. The van der Waals surface area contributed by atoms with Crippen LogP contribution in [0.25, 0.3) is 0 Å². The monoisotopic (exact) mass is 198 g/mol. The van der Waals surface area contributed by atoms with E-state index in [4.69, 9.17) is 0 Å². The molecule has 0 aliphatic carbocycles. The minimum atomic E-state index is -3.99. The highest BCUT2D eigenvalue weighted by Gasteiger charge is 2.26. The largest absolute Gasteiger partial charge is 0.304 e. The zero-order valence-corrected chi connectivity index (χ0v) is 7.28. The van der Waals surface area contributed by atoms with Crippen LogP contribution in [0.4, 0.5) is 0 Å². The fraction of sp³-hybridized carbons (Fsp3) is 0.500. The highest BCUT2D eigenvalue weighted by molar-refractivity contribution is 8.02. The van der Waals surface area contributed by atoms with Crippen LogP contribution in [-0.2, 0) is 23.9 Å². The second-order valence-corrected chi connectivity index (χ2v) is 5.40. The van der Waals surface area contributed by atoms with Gasteiger partial charge >= 0.3 is 10.1 Å². The predicted octanol–water partition coefficient (Wildman–Crippen LogP) is -0.420. The summed E-state index contributed by atoms with van der Waals surface area (Å²) in [5, 5.41) is 0.800. The first kappa shape index (κ1) is 8.69. The molecule has 64 valence electrons. The first-order valence-electron chi connectivity index (χ1n) is 2.67. The Labute approximate surface area is 64.9 Å². The molecule has 0 aromatic carbocycles. The second kappa shape index (κ2) is 2.29. The summed E-state index contributed by atoms with van der Waals surface area (Å²) < 4.78 is 46.3. The Kier molecular flexibility index (Phi) is 1.81. The molecule has 5 nitrogen and oxygen atoms in total. The molecule has 0 bridgehead atoms. The summed E-state index contributed by atoms with van der Waals surface area (Å²) in [6.07, 6.45) is 0. The van der Waals surface area contributed by atoms with E-state index >= 15 is 0 Å². The van der Waals surface area contributed by atoms with Gasteiger partial charge < -0.3 is 0 Å². The smallest absolute Gasteiger partial charge is 0.198 e. The van der Waals surface area contributed by atoms with Gasteiger partial charge in [-0.05, 0) is 12.5 Å². The van der Waals surface area contributed by atoms with Crippen LogP contribution < -0.4 is 0 Å². The minimum absolute atomic E-state index is 0.260. The van der Waals surface area contributed by atoms with Gasteiger partial charge in [-0.2, -0.15) is 16.8 Å². The lowest BCUT2D eigenvalue weighted by molar-refractivity contribution is 0.467. The van der Waals surface area contributed by atoms with Crippen LogP contribution in [0.3, 0.4) is 0 Å². The molecule has 0 spiro atoms. The molecule has 0 aromatic rings. The van der Waals surface area contributed by atoms with Gasteiger partial charge in [0.2, 0.25) is 0 Å². The molecule has 7 heteroatoms. The maximum Gasteiger partial charge on any atom is 0.304 e. The quantitative estimate of drug-likeness (QED) is 0.528. The molecular formula is C4H6O5S2. The summed E-state index contributed by atoms with van der Waals surface area (Å²) in [5.74, 6) is -0.355. The molecule has 0 atom stereocenters. The lowest BCUT2D eigenvalue weighted by atomic mass is 10.4. The van der Waals surface area contributed by atoms with Crippen LogP contribution in [0.15, 0.2) is 11.0 Å². The van der Waals surface area contributed by atoms with Gasteiger partial charge in [0.1, 0.15) is 0 Å². The fourth-order valence-electron chi connectivity index (χ4n) is 0.747. The van der Waals surface area contributed by atoms with Gasteiger partial charge in [-0.3, -0.25) is 0 Å². The van der Waals surface area contributed by atoms with Crippen LogP contribution >= 0.6 is 0 Å². The van der Waals surface area contributed by atoms with Crippen LogP contribution in [0.5, 0.6) is 0 Å². The Morgan fingerprint density at radius 3 is 2.27 bits per heavy atom. The molecule has 1 heterocycles. The average molecular weight is 198 g/mol. The Hall–Kier alpha value is -0.400. The maximum absolute atomic E-state index is 10.6. The number of hydrogen-bond acceptors (Lipinski definition) is 5. The van der Waals surface area contributed by atoms with Gasteiger partial charge in [0.25, 0.3) is 10.1 Å². The standard InChI is InChI=1S/C4H6O5S2/c1-4-2-10(5,6)9-11(7,8)3-4/h2H,3H2,1H3. The molecule has 0 fully saturated rings. The third-order valence-electron chi connectivity index (χ3n) is 0.948. The molecule has 0 radical (unpaired) electrons. The third kappa shape index (κ3) is 2.28. The molecule has 0 amide bonds. The molecule has 1 rings (SSSR count). The minimum Gasteiger partial charge on any atom is -0.198 e. The van der Waals surface area contributed by atoms with E-state index in [2.05, 4.69) is 3.63 Å². The van der Waals surface area contributed by atoms with E-state index in [0.717, 1.165) is 5.41 Å². The van der Waals surface area contributed by atoms with Gasteiger partial charge in [0.15, 0.2) is 0 Å². The Bertz CT molecular complexity index is 384. The highest BCUT2D eigenvalue weighted by atomic mass is 32.3. The number of hydrogen-bond donors (Lipinski definition) is 0. The molecule has 0 N–H and O–H groups in total. The van der Waals surface area contributed by atoms with Crippen LogP contribution in [0, 0.1) is 0 Å². The molecule has 0 saturated carbocycles. The first-order chi connectivity index (χ1) is 4.81. The van der Waals surface area contributed by atoms with Crippen molar-refractivity contribution in [3.05, 3.63) is 11.0 Å². The fourth-order valence-corrected chi connectivity index (χ4v) is 3.58. The molecule has 1 aliphatic heterocycles. The second-order valence-electron chi connectivity index (χ2n) is 2.23. The normalized spacial score (nSPS) is 27.5. The molecule has 0 saturated heterocycles. The summed E-state index contributed by atoms with van der Waals surface area (Å²) in [5.41, 5.74) is 0.260. The maximum atomic E-state index is 10.6. The van der Waals surface area contributed by atoms with Crippen molar-refractivity contribution in [2.75, 3.05) is 5.75 Å². The summed E-state index contributed by atoms with van der Waals surface area (Å²) in [6, 6.07) is 0. The molecule has 11 heavy (non-hydrogen) atoms. The predicted molar refractivity (Wildman–Crippen MR) is 37.5 cm³/mol. The number of rotatable bonds is 0. The molecule has 1 aliphatic rings. The highest BCUT2D eigenvalue weighted by Crippen LogP contribution is 2.15. The van der Waals surface area contributed by atoms with E-state index < -0.39 is 20.2 Å². The molecule has 0 unspecified atom stereocenters. The van der Waals surface area contributed by atoms with Crippen molar-refractivity contribution in [2.45, 2.75) is 6.92 Å². The summed E-state index contributed by atoms with van der Waals surface area (Å²) in [6.45, 7) is 1.41. The Balaban J connectivity index is 3.27. The summed E-state index contributed by atoms with van der Waals surface area (Å²) in [7, 11) is -7.89. The lowest BCUT2D eigenvalue weighted by Gasteiger charge is -2.08. The van der Waals surface area contributed by atoms with Crippen LogP contribution in [-0.4, -0.2) is 22.6 Å². The van der Waals surface area contributed by atoms with E-state index in [-0.39, 0.29) is 11.3 Å². The van der Waals surface area contributed by atoms with Gasteiger partial charge in [0.05, 0.1) is 11.2 Å². The third-order valence-corrected chi connectivity index (χ3v) is 4.04. The van der Waals surface area contributed by atoms with Crippen molar-refractivity contribution in [1.29, 1.82) is 0 Å². The van der Waals surface area contributed by atoms with E-state index in [0.29, 0.717) is 0 Å². The van der Waals surface area contributed by atoms with Crippen molar-refractivity contribution >= 4 is 20.2 Å². The van der Waals surface area contributed by atoms with Gasteiger partial charge in [-0.15, -0.1) is 3.63 Å². The van der Waals surface area contributed by atoms with Crippen LogP contribution in [0.2, 0.25) is 0 Å². The average Bonchev–Trinajstić information content (AvgIpc) is 1.49. The van der Waals surface area contributed by atoms with Gasteiger partial charge in [-0.1, -0.05) is 0 Å². The SMILES string of the molecule is CC1=CS(=O)(=O)OS(=O)(=O)C1. The van der Waals surface area contributed by atoms with Gasteiger partial charge in [0, 0.05) is 0 Å². The molecular weight excluding hydrogens is 192 g/mol.